The number of benzene rings is 3. The van der Waals surface area contributed by atoms with Gasteiger partial charge in [-0.3, -0.25) is 25.2 Å². The van der Waals surface area contributed by atoms with Crippen molar-refractivity contribution in [3.8, 4) is 0 Å². The molecule has 0 unspecified atom stereocenters. The highest BCUT2D eigenvalue weighted by molar-refractivity contribution is 6.28. The SMILES string of the molecule is CNNCc1ccc(C(=O)NC(C)C)cc1.O=C1c2ccccc2C(=O)c2ccccc21. The van der Waals surface area contributed by atoms with Gasteiger partial charge in [0.25, 0.3) is 5.91 Å². The van der Waals surface area contributed by atoms with Crippen LogP contribution in [0.2, 0.25) is 0 Å². The second-order valence-electron chi connectivity index (χ2n) is 7.68. The molecular formula is C26H27N3O3. The lowest BCUT2D eigenvalue weighted by atomic mass is 9.84. The molecule has 0 spiro atoms. The Kier molecular flexibility index (Phi) is 7.65. The number of hydrogen-bond acceptors (Lipinski definition) is 5. The minimum Gasteiger partial charge on any atom is -0.350 e. The summed E-state index contributed by atoms with van der Waals surface area (Å²) >= 11 is 0. The lowest BCUT2D eigenvalue weighted by Crippen LogP contribution is -2.30. The quantitative estimate of drug-likeness (QED) is 0.423. The maximum Gasteiger partial charge on any atom is 0.251 e. The lowest BCUT2D eigenvalue weighted by Gasteiger charge is -2.16. The first kappa shape index (κ1) is 23.1. The molecule has 6 nitrogen and oxygen atoms in total. The highest BCUT2D eigenvalue weighted by Gasteiger charge is 2.28. The normalized spacial score (nSPS) is 11.9. The molecule has 3 aromatic rings. The number of amides is 1. The summed E-state index contributed by atoms with van der Waals surface area (Å²) in [5, 5.41) is 2.85. The van der Waals surface area contributed by atoms with Crippen molar-refractivity contribution in [3.05, 3.63) is 106 Å². The third-order valence-corrected chi connectivity index (χ3v) is 4.94. The summed E-state index contributed by atoms with van der Waals surface area (Å²) in [7, 11) is 1.82. The highest BCUT2D eigenvalue weighted by atomic mass is 16.2. The number of ketones is 2. The fourth-order valence-corrected chi connectivity index (χ4v) is 3.36. The smallest absolute Gasteiger partial charge is 0.251 e. The Labute approximate surface area is 188 Å². The molecule has 1 aliphatic rings. The molecule has 1 amide bonds. The molecule has 164 valence electrons. The molecule has 0 fully saturated rings. The number of nitrogens with one attached hydrogen (secondary N) is 3. The third-order valence-electron chi connectivity index (χ3n) is 4.94. The van der Waals surface area contributed by atoms with Crippen LogP contribution in [-0.2, 0) is 6.54 Å². The summed E-state index contributed by atoms with van der Waals surface area (Å²) in [6, 6.07) is 21.6. The van der Waals surface area contributed by atoms with E-state index in [1.54, 1.807) is 48.5 Å². The van der Waals surface area contributed by atoms with Gasteiger partial charge >= 0.3 is 0 Å². The van der Waals surface area contributed by atoms with Gasteiger partial charge in [0.1, 0.15) is 0 Å². The average molecular weight is 430 g/mol. The van der Waals surface area contributed by atoms with Crippen LogP contribution < -0.4 is 16.2 Å². The Hall–Kier alpha value is -3.61. The van der Waals surface area contributed by atoms with Crippen molar-refractivity contribution in [1.29, 1.82) is 0 Å². The second kappa shape index (κ2) is 10.6. The van der Waals surface area contributed by atoms with Crippen LogP contribution in [0.1, 0.15) is 61.6 Å². The molecular weight excluding hydrogens is 402 g/mol. The summed E-state index contributed by atoms with van der Waals surface area (Å²) in [5.41, 5.74) is 9.70. The molecule has 0 saturated heterocycles. The number of hydrazine groups is 1. The zero-order valence-electron chi connectivity index (χ0n) is 18.4. The van der Waals surface area contributed by atoms with Crippen LogP contribution in [0.4, 0.5) is 0 Å². The maximum absolute atomic E-state index is 12.1. The van der Waals surface area contributed by atoms with Crippen molar-refractivity contribution in [2.24, 2.45) is 0 Å². The minimum absolute atomic E-state index is 0.0249. The van der Waals surface area contributed by atoms with E-state index in [4.69, 9.17) is 0 Å². The van der Waals surface area contributed by atoms with E-state index in [0.29, 0.717) is 27.8 Å². The number of hydrogen-bond donors (Lipinski definition) is 3. The van der Waals surface area contributed by atoms with Gasteiger partial charge in [0.2, 0.25) is 0 Å². The predicted octanol–water partition coefficient (Wildman–Crippen LogP) is 3.51. The van der Waals surface area contributed by atoms with Crippen molar-refractivity contribution >= 4 is 17.5 Å². The van der Waals surface area contributed by atoms with Crippen LogP contribution in [0.25, 0.3) is 0 Å². The fourth-order valence-electron chi connectivity index (χ4n) is 3.36. The van der Waals surface area contributed by atoms with E-state index in [1.807, 2.05) is 45.2 Å². The molecule has 6 heteroatoms. The van der Waals surface area contributed by atoms with Crippen molar-refractivity contribution in [3.63, 3.8) is 0 Å². The molecule has 3 aromatic carbocycles. The molecule has 0 radical (unpaired) electrons. The molecule has 4 rings (SSSR count). The summed E-state index contributed by atoms with van der Waals surface area (Å²) < 4.78 is 0. The molecule has 0 saturated carbocycles. The van der Waals surface area contributed by atoms with Crippen molar-refractivity contribution in [2.45, 2.75) is 26.4 Å². The lowest BCUT2D eigenvalue weighted by molar-refractivity contribution is 0.0942. The zero-order chi connectivity index (χ0) is 23.1. The molecule has 3 N–H and O–H groups in total. The Morgan fingerprint density at radius 2 is 1.19 bits per heavy atom. The van der Waals surface area contributed by atoms with Crippen LogP contribution in [0.3, 0.4) is 0 Å². The van der Waals surface area contributed by atoms with Gasteiger partial charge in [0.15, 0.2) is 11.6 Å². The molecule has 0 bridgehead atoms. The number of carbonyl (C=O) groups is 3. The standard InChI is InChI=1S/C14H8O2.C12H19N3O/c15-13-9-5-1-2-6-10(9)14(16)12-8-4-3-7-11(12)13;1-9(2)15-12(16)11-6-4-10(5-7-11)8-14-13-3/h1-8H;4-7,9,13-14H,8H2,1-3H3,(H,15,16). The Morgan fingerprint density at radius 1 is 0.750 bits per heavy atom. The van der Waals surface area contributed by atoms with Crippen molar-refractivity contribution < 1.29 is 14.4 Å². The van der Waals surface area contributed by atoms with E-state index in [9.17, 15) is 14.4 Å². The molecule has 0 aromatic heterocycles. The van der Waals surface area contributed by atoms with Crippen LogP contribution in [-0.4, -0.2) is 30.6 Å². The molecule has 32 heavy (non-hydrogen) atoms. The van der Waals surface area contributed by atoms with E-state index in [0.717, 1.165) is 12.1 Å². The first-order chi connectivity index (χ1) is 15.4. The second-order valence-corrected chi connectivity index (χ2v) is 7.68. The van der Waals surface area contributed by atoms with Gasteiger partial charge in [0, 0.05) is 40.4 Å². The van der Waals surface area contributed by atoms with Gasteiger partial charge in [-0.1, -0.05) is 60.7 Å². The van der Waals surface area contributed by atoms with Gasteiger partial charge in [-0.15, -0.1) is 0 Å². The average Bonchev–Trinajstić information content (AvgIpc) is 2.81. The third kappa shape index (κ3) is 5.35. The van der Waals surface area contributed by atoms with E-state index >= 15 is 0 Å². The highest BCUT2D eigenvalue weighted by Crippen LogP contribution is 2.26. The van der Waals surface area contributed by atoms with Gasteiger partial charge < -0.3 is 5.32 Å². The zero-order valence-corrected chi connectivity index (χ0v) is 18.4. The van der Waals surface area contributed by atoms with Crippen LogP contribution >= 0.6 is 0 Å². The van der Waals surface area contributed by atoms with Gasteiger partial charge in [-0.25, -0.2) is 0 Å². The van der Waals surface area contributed by atoms with Crippen LogP contribution in [0.15, 0.2) is 72.8 Å². The van der Waals surface area contributed by atoms with E-state index in [2.05, 4.69) is 16.2 Å². The minimum atomic E-state index is -0.0641. The largest absolute Gasteiger partial charge is 0.350 e. The van der Waals surface area contributed by atoms with E-state index < -0.39 is 0 Å². The maximum atomic E-state index is 12.1. The Bertz CT molecular complexity index is 1020. The Balaban J connectivity index is 0.000000181. The Morgan fingerprint density at radius 3 is 1.56 bits per heavy atom. The summed E-state index contributed by atoms with van der Waals surface area (Å²) in [6.45, 7) is 4.63. The first-order valence-electron chi connectivity index (χ1n) is 10.5. The number of rotatable bonds is 5. The summed E-state index contributed by atoms with van der Waals surface area (Å²) in [4.78, 5) is 35.8. The summed E-state index contributed by atoms with van der Waals surface area (Å²) in [5.74, 6) is -0.153. The first-order valence-corrected chi connectivity index (χ1v) is 10.5. The van der Waals surface area contributed by atoms with Gasteiger partial charge in [-0.05, 0) is 38.6 Å². The molecule has 0 aliphatic heterocycles. The molecule has 1 aliphatic carbocycles. The predicted molar refractivity (Wildman–Crippen MR) is 125 cm³/mol. The number of carbonyl (C=O) groups excluding carboxylic acids is 3. The van der Waals surface area contributed by atoms with Gasteiger partial charge in [0.05, 0.1) is 0 Å². The summed E-state index contributed by atoms with van der Waals surface area (Å²) in [6.07, 6.45) is 0. The van der Waals surface area contributed by atoms with E-state index in [-0.39, 0.29) is 23.5 Å². The fraction of sp³-hybridized carbons (Fsp3) is 0.192. The topological polar surface area (TPSA) is 87.3 Å². The monoisotopic (exact) mass is 429 g/mol. The van der Waals surface area contributed by atoms with Crippen molar-refractivity contribution in [1.82, 2.24) is 16.2 Å². The van der Waals surface area contributed by atoms with Crippen LogP contribution in [0.5, 0.6) is 0 Å². The van der Waals surface area contributed by atoms with E-state index in [1.165, 1.54) is 0 Å². The van der Waals surface area contributed by atoms with Crippen LogP contribution in [0, 0.1) is 0 Å². The number of fused-ring (bicyclic) bond motifs is 2. The van der Waals surface area contributed by atoms with Gasteiger partial charge in [-0.2, -0.15) is 0 Å². The molecule has 0 atom stereocenters. The molecule has 0 heterocycles. The van der Waals surface area contributed by atoms with Crippen molar-refractivity contribution in [2.75, 3.05) is 7.05 Å².